The van der Waals surface area contributed by atoms with Gasteiger partial charge in [-0.25, -0.2) is 4.79 Å². The zero-order chi connectivity index (χ0) is 37.5. The number of cyclic esters (lactones) is 1. The monoisotopic (exact) mass is 687 g/mol. The largest absolute Gasteiger partial charge is 0.457 e. The van der Waals surface area contributed by atoms with Crippen LogP contribution < -0.4 is 5.32 Å². The first kappa shape index (κ1) is 41.3. The Labute approximate surface area is 288 Å². The Hall–Kier alpha value is -3.91. The summed E-state index contributed by atoms with van der Waals surface area (Å²) in [6.07, 6.45) is 11.2. The fraction of sp³-hybridized carbons (Fsp3) is 0.583. The number of aliphatic hydroxyl groups is 3. The molecule has 0 aliphatic carbocycles. The van der Waals surface area contributed by atoms with Crippen LogP contribution in [0, 0.1) is 27.4 Å². The Balaban J connectivity index is 1.95. The number of likely N-dealkylation sites (N-methyl/N-ethyl adjacent to an activating group) is 1. The second-order valence-electron chi connectivity index (χ2n) is 13.5. The molecule has 2 saturated heterocycles. The molecule has 1 spiro atoms. The highest BCUT2D eigenvalue weighted by Gasteiger charge is 2.80. The molecule has 2 heterocycles. The summed E-state index contributed by atoms with van der Waals surface area (Å²) in [6, 6.07) is 0. The van der Waals surface area contributed by atoms with Gasteiger partial charge in [0.15, 0.2) is 0 Å². The molecule has 0 radical (unpaired) electrons. The maximum atomic E-state index is 12.9. The number of nitro groups is 1. The number of hydrogen-bond acceptors (Lipinski definition) is 10. The van der Waals surface area contributed by atoms with Crippen LogP contribution in [0.4, 0.5) is 0 Å². The molecule has 0 bridgehead atoms. The minimum Gasteiger partial charge on any atom is -0.457 e. The summed E-state index contributed by atoms with van der Waals surface area (Å²) < 4.78 is 10.9. The topological polar surface area (TPSA) is 189 Å². The Morgan fingerprint density at radius 2 is 1.78 bits per heavy atom. The van der Waals surface area contributed by atoms with Gasteiger partial charge in [0.1, 0.15) is 11.7 Å². The smallest absolute Gasteiger partial charge is 0.339 e. The van der Waals surface area contributed by atoms with Crippen LogP contribution in [0.25, 0.3) is 0 Å². The van der Waals surface area contributed by atoms with Gasteiger partial charge in [-0.3, -0.25) is 19.7 Å². The van der Waals surface area contributed by atoms with E-state index in [-0.39, 0.29) is 24.6 Å². The third kappa shape index (κ3) is 8.12. The lowest BCUT2D eigenvalue weighted by molar-refractivity contribution is -0.425. The van der Waals surface area contributed by atoms with Crippen LogP contribution in [-0.4, -0.2) is 99.2 Å². The van der Waals surface area contributed by atoms with Crippen molar-refractivity contribution >= 4 is 17.8 Å². The maximum absolute atomic E-state index is 12.9. The third-order valence-electron chi connectivity index (χ3n) is 10.0. The van der Waals surface area contributed by atoms with E-state index >= 15 is 0 Å². The fourth-order valence-corrected chi connectivity index (χ4v) is 6.46. The summed E-state index contributed by atoms with van der Waals surface area (Å²) in [7, 11) is 2.87. The van der Waals surface area contributed by atoms with Crippen LogP contribution in [0.5, 0.6) is 0 Å². The van der Waals surface area contributed by atoms with Crippen molar-refractivity contribution in [2.45, 2.75) is 97.4 Å². The molecule has 272 valence electrons. The molecule has 49 heavy (non-hydrogen) atoms. The summed E-state index contributed by atoms with van der Waals surface area (Å²) in [6.45, 7) is 13.2. The highest BCUT2D eigenvalue weighted by molar-refractivity contribution is 5.99. The molecule has 2 fully saturated rings. The predicted molar refractivity (Wildman–Crippen MR) is 184 cm³/mol. The Morgan fingerprint density at radius 1 is 1.14 bits per heavy atom. The zero-order valence-corrected chi connectivity index (χ0v) is 30.2. The molecule has 13 nitrogen and oxygen atoms in total. The summed E-state index contributed by atoms with van der Waals surface area (Å²) in [5, 5.41) is 47.2. The number of likely N-dealkylation sites (tertiary alicyclic amines) is 1. The van der Waals surface area contributed by atoms with Gasteiger partial charge in [-0.05, 0) is 52.5 Å². The molecular formula is C36H53N3O10. The van der Waals surface area contributed by atoms with Gasteiger partial charge in [0.25, 0.3) is 0 Å². The van der Waals surface area contributed by atoms with Crippen molar-refractivity contribution in [3.63, 3.8) is 0 Å². The molecule has 0 aromatic carbocycles. The van der Waals surface area contributed by atoms with E-state index in [2.05, 4.69) is 5.32 Å². The second-order valence-corrected chi connectivity index (χ2v) is 13.5. The van der Waals surface area contributed by atoms with Gasteiger partial charge in [0.2, 0.25) is 23.1 Å². The van der Waals surface area contributed by atoms with Crippen LogP contribution in [0.1, 0.15) is 61.8 Å². The molecular weight excluding hydrogens is 634 g/mol. The lowest BCUT2D eigenvalue weighted by Crippen LogP contribution is -2.80. The molecule has 4 N–H and O–H groups in total. The number of allylic oxidation sites excluding steroid dienone is 9. The second kappa shape index (κ2) is 16.7. The summed E-state index contributed by atoms with van der Waals surface area (Å²) in [4.78, 5) is 50.2. The zero-order valence-electron chi connectivity index (χ0n) is 30.2. The van der Waals surface area contributed by atoms with E-state index in [0.717, 1.165) is 0 Å². The normalized spacial score (nSPS) is 27.9. The first-order valence-corrected chi connectivity index (χ1v) is 16.3. The van der Waals surface area contributed by atoms with Crippen molar-refractivity contribution in [1.82, 2.24) is 10.2 Å². The number of aliphatic hydroxyl groups excluding tert-OH is 2. The van der Waals surface area contributed by atoms with E-state index in [1.807, 2.05) is 0 Å². The van der Waals surface area contributed by atoms with Crippen LogP contribution in [0.3, 0.4) is 0 Å². The fourth-order valence-electron chi connectivity index (χ4n) is 6.46. The molecule has 0 aromatic heterocycles. The van der Waals surface area contributed by atoms with Crippen molar-refractivity contribution in [3.05, 3.63) is 81.6 Å². The lowest BCUT2D eigenvalue weighted by atomic mass is 9.65. The molecule has 2 rings (SSSR count). The van der Waals surface area contributed by atoms with Crippen LogP contribution in [-0.2, 0) is 23.9 Å². The quantitative estimate of drug-likeness (QED) is 0.0812. The first-order chi connectivity index (χ1) is 22.7. The third-order valence-corrected chi connectivity index (χ3v) is 10.0. The number of carbonyl (C=O) groups is 3. The minimum absolute atomic E-state index is 0.0567. The number of nitrogens with zero attached hydrogens (tertiary/aromatic N) is 2. The van der Waals surface area contributed by atoms with Gasteiger partial charge in [0, 0.05) is 33.2 Å². The highest BCUT2D eigenvalue weighted by atomic mass is 16.6. The summed E-state index contributed by atoms with van der Waals surface area (Å²) in [5.41, 5.74) is -3.46. The van der Waals surface area contributed by atoms with E-state index in [0.29, 0.717) is 11.1 Å². The minimum atomic E-state index is -1.87. The average molecular weight is 688 g/mol. The van der Waals surface area contributed by atoms with Gasteiger partial charge in [0.05, 0.1) is 34.6 Å². The average Bonchev–Trinajstić information content (AvgIpc) is 3.22. The SMILES string of the molecule is COC(CC(C)C(O)/C=C/C=C/CNC(=O)C(C)(C)C(O)\C(C)=C/C=C\C=C\C(C)=C(/C)[N+](=O)[O-])[C@]1(O)[C@@H](C)C(=O)N(C)[C@]12C(=O)O[C@@H]2C. The number of nitrogens with one attached hydrogen (secondary N) is 1. The number of methoxy groups -OCH3 is 1. The summed E-state index contributed by atoms with van der Waals surface area (Å²) in [5.74, 6) is -2.82. The van der Waals surface area contributed by atoms with Crippen molar-refractivity contribution in [1.29, 1.82) is 0 Å². The molecule has 4 unspecified atom stereocenters. The molecule has 0 saturated carbocycles. The Morgan fingerprint density at radius 3 is 2.33 bits per heavy atom. The van der Waals surface area contributed by atoms with Crippen molar-refractivity contribution in [3.8, 4) is 0 Å². The molecule has 13 heteroatoms. The van der Waals surface area contributed by atoms with Crippen molar-refractivity contribution < 1.29 is 44.1 Å². The number of ether oxygens (including phenoxy) is 2. The standard InChI is InChI=1S/C36H53N3O10/c1-22(26(5)39(46)47)17-13-11-14-18-23(2)30(41)34(7,8)32(43)37-20-16-12-15-19-28(40)24(3)21-29(48-10)36(45)25(4)31(42)38(9)35(36)27(6)49-33(35)44/h11-19,24-25,27-30,40-41,45H,20-21H2,1-10H3,(H,37,43)/b14-11-,16-12+,17-13+,19-15+,23-18-,26-22+/t24?,25-,27+,28?,29?,30?,35+,36+/m0/s1. The van der Waals surface area contributed by atoms with Gasteiger partial charge in [-0.15, -0.1) is 0 Å². The number of carbonyl (C=O) groups excluding carboxylic acids is 3. The van der Waals surface area contributed by atoms with Crippen LogP contribution >= 0.6 is 0 Å². The number of rotatable bonds is 16. The van der Waals surface area contributed by atoms with Crippen LogP contribution in [0.2, 0.25) is 0 Å². The number of hydrogen-bond donors (Lipinski definition) is 4. The van der Waals surface area contributed by atoms with E-state index in [1.54, 1.807) is 103 Å². The molecule has 8 atom stereocenters. The van der Waals surface area contributed by atoms with Crippen molar-refractivity contribution in [2.75, 3.05) is 20.7 Å². The highest BCUT2D eigenvalue weighted by Crippen LogP contribution is 2.54. The van der Waals surface area contributed by atoms with Crippen molar-refractivity contribution in [2.24, 2.45) is 17.3 Å². The number of amides is 2. The van der Waals surface area contributed by atoms with Crippen LogP contribution in [0.15, 0.2) is 71.5 Å². The van der Waals surface area contributed by atoms with Gasteiger partial charge in [-0.2, -0.15) is 0 Å². The van der Waals surface area contributed by atoms with E-state index in [1.165, 1.54) is 26.0 Å². The van der Waals surface area contributed by atoms with Gasteiger partial charge >= 0.3 is 5.97 Å². The Kier molecular flexibility index (Phi) is 14.0. The van der Waals surface area contributed by atoms with E-state index in [4.69, 9.17) is 9.47 Å². The molecule has 2 aliphatic rings. The maximum Gasteiger partial charge on any atom is 0.339 e. The first-order valence-electron chi connectivity index (χ1n) is 16.3. The van der Waals surface area contributed by atoms with Gasteiger partial charge in [-0.1, -0.05) is 68.5 Å². The Bertz CT molecular complexity index is 1440. The lowest BCUT2D eigenvalue weighted by Gasteiger charge is -2.55. The predicted octanol–water partition coefficient (Wildman–Crippen LogP) is 3.16. The van der Waals surface area contributed by atoms with Gasteiger partial charge < -0.3 is 35.0 Å². The number of esters is 1. The van der Waals surface area contributed by atoms with E-state index < -0.39 is 69.6 Å². The summed E-state index contributed by atoms with van der Waals surface area (Å²) >= 11 is 0. The molecule has 2 aliphatic heterocycles. The molecule has 0 aromatic rings. The van der Waals surface area contributed by atoms with E-state index in [9.17, 15) is 39.8 Å². The molecule has 2 amide bonds.